The van der Waals surface area contributed by atoms with Gasteiger partial charge >= 0.3 is 0 Å². The Morgan fingerprint density at radius 1 is 1.07 bits per heavy atom. The van der Waals surface area contributed by atoms with Gasteiger partial charge in [-0.15, -0.1) is 0 Å². The minimum absolute atomic E-state index is 0.00586. The molecule has 0 bridgehead atoms. The molecule has 1 saturated heterocycles. The predicted octanol–water partition coefficient (Wildman–Crippen LogP) is 4.21. The molecule has 2 aromatic rings. The summed E-state index contributed by atoms with van der Waals surface area (Å²) in [5.74, 6) is -0.594. The van der Waals surface area contributed by atoms with Crippen molar-refractivity contribution < 1.29 is 14.0 Å². The monoisotopic (exact) mass is 388 g/mol. The summed E-state index contributed by atoms with van der Waals surface area (Å²) in [4.78, 5) is 26.7. The maximum atomic E-state index is 13.0. The number of halogens is 2. The first-order valence-electron chi connectivity index (χ1n) is 9.04. The van der Waals surface area contributed by atoms with Crippen molar-refractivity contribution in [2.24, 2.45) is 5.92 Å². The number of rotatable bonds is 4. The smallest absolute Gasteiger partial charge is 0.253 e. The molecule has 1 heterocycles. The van der Waals surface area contributed by atoms with Crippen molar-refractivity contribution in [2.45, 2.75) is 25.8 Å². The Kier molecular flexibility index (Phi) is 6.11. The molecule has 1 fully saturated rings. The number of carbonyl (C=O) groups is 2. The zero-order chi connectivity index (χ0) is 19.4. The Bertz CT molecular complexity index is 800. The van der Waals surface area contributed by atoms with E-state index in [2.05, 4.69) is 5.32 Å². The van der Waals surface area contributed by atoms with E-state index in [0.717, 1.165) is 5.56 Å². The Hall–Kier alpha value is -2.40. The molecular formula is C21H22ClFN2O2. The van der Waals surface area contributed by atoms with Crippen LogP contribution in [0.5, 0.6) is 0 Å². The average Bonchev–Trinajstić information content (AvgIpc) is 2.68. The van der Waals surface area contributed by atoms with Crippen molar-refractivity contribution in [1.82, 2.24) is 10.2 Å². The Morgan fingerprint density at radius 2 is 1.67 bits per heavy atom. The summed E-state index contributed by atoms with van der Waals surface area (Å²) in [6, 6.07) is 12.9. The lowest BCUT2D eigenvalue weighted by Crippen LogP contribution is -2.43. The van der Waals surface area contributed by atoms with Crippen molar-refractivity contribution in [2.75, 3.05) is 13.1 Å². The van der Waals surface area contributed by atoms with Crippen LogP contribution < -0.4 is 5.32 Å². The molecule has 0 aliphatic carbocycles. The molecule has 2 amide bonds. The summed E-state index contributed by atoms with van der Waals surface area (Å²) < 4.78 is 13.0. The van der Waals surface area contributed by atoms with E-state index in [0.29, 0.717) is 36.5 Å². The number of hydrogen-bond donors (Lipinski definition) is 1. The van der Waals surface area contributed by atoms with Crippen LogP contribution in [0.25, 0.3) is 0 Å². The van der Waals surface area contributed by atoms with Gasteiger partial charge in [0.05, 0.1) is 6.04 Å². The summed E-state index contributed by atoms with van der Waals surface area (Å²) >= 11 is 5.90. The summed E-state index contributed by atoms with van der Waals surface area (Å²) in [5, 5.41) is 3.70. The van der Waals surface area contributed by atoms with Gasteiger partial charge in [0.15, 0.2) is 0 Å². The molecule has 0 spiro atoms. The molecule has 0 radical (unpaired) electrons. The molecule has 0 saturated carbocycles. The summed E-state index contributed by atoms with van der Waals surface area (Å²) in [7, 11) is 0. The molecule has 4 nitrogen and oxygen atoms in total. The van der Waals surface area contributed by atoms with Crippen molar-refractivity contribution in [1.29, 1.82) is 0 Å². The zero-order valence-corrected chi connectivity index (χ0v) is 15.9. The molecule has 1 atom stereocenters. The molecule has 1 N–H and O–H groups in total. The van der Waals surface area contributed by atoms with Crippen LogP contribution in [0.15, 0.2) is 48.5 Å². The van der Waals surface area contributed by atoms with E-state index >= 15 is 0 Å². The van der Waals surface area contributed by atoms with Crippen molar-refractivity contribution in [3.63, 3.8) is 0 Å². The normalized spacial score (nSPS) is 16.0. The van der Waals surface area contributed by atoms with Gasteiger partial charge in [0.2, 0.25) is 5.91 Å². The summed E-state index contributed by atoms with van der Waals surface area (Å²) in [6.07, 6.45) is 1.23. The first-order chi connectivity index (χ1) is 12.9. The Balaban J connectivity index is 1.52. The van der Waals surface area contributed by atoms with Crippen LogP contribution in [0.4, 0.5) is 4.39 Å². The van der Waals surface area contributed by atoms with E-state index in [1.165, 1.54) is 24.3 Å². The number of hydrogen-bond acceptors (Lipinski definition) is 2. The van der Waals surface area contributed by atoms with Crippen LogP contribution >= 0.6 is 11.6 Å². The fourth-order valence-electron chi connectivity index (χ4n) is 3.29. The zero-order valence-electron chi connectivity index (χ0n) is 15.1. The van der Waals surface area contributed by atoms with E-state index in [1.807, 2.05) is 19.1 Å². The van der Waals surface area contributed by atoms with E-state index in [1.54, 1.807) is 17.0 Å². The number of carbonyl (C=O) groups excluding carboxylic acids is 2. The topological polar surface area (TPSA) is 49.4 Å². The first kappa shape index (κ1) is 19.4. The van der Waals surface area contributed by atoms with Gasteiger partial charge in [0, 0.05) is 29.6 Å². The molecule has 0 aromatic heterocycles. The number of benzene rings is 2. The maximum absolute atomic E-state index is 13.0. The molecule has 1 aliphatic heterocycles. The fraction of sp³-hybridized carbons (Fsp3) is 0.333. The predicted molar refractivity (Wildman–Crippen MR) is 103 cm³/mol. The van der Waals surface area contributed by atoms with Gasteiger partial charge < -0.3 is 10.2 Å². The molecule has 6 heteroatoms. The molecule has 2 aromatic carbocycles. The molecule has 1 unspecified atom stereocenters. The third-order valence-electron chi connectivity index (χ3n) is 4.97. The molecule has 1 aliphatic rings. The van der Waals surface area contributed by atoms with Crippen LogP contribution in [-0.4, -0.2) is 29.8 Å². The quantitative estimate of drug-likeness (QED) is 0.853. The van der Waals surface area contributed by atoms with Gasteiger partial charge in [-0.2, -0.15) is 0 Å². The van der Waals surface area contributed by atoms with Crippen LogP contribution in [0.2, 0.25) is 5.02 Å². The van der Waals surface area contributed by atoms with Gasteiger partial charge in [-0.3, -0.25) is 9.59 Å². The lowest BCUT2D eigenvalue weighted by molar-refractivity contribution is -0.126. The minimum Gasteiger partial charge on any atom is -0.349 e. The molecule has 27 heavy (non-hydrogen) atoms. The highest BCUT2D eigenvalue weighted by Gasteiger charge is 2.28. The largest absolute Gasteiger partial charge is 0.349 e. The first-order valence-corrected chi connectivity index (χ1v) is 9.42. The number of nitrogens with zero attached hydrogens (tertiary/aromatic N) is 1. The standard InChI is InChI=1S/C21H22ClFN2O2/c1-14(15-2-6-18(22)7-3-15)24-20(26)16-10-12-25(13-11-16)21(27)17-4-8-19(23)9-5-17/h2-9,14,16H,10-13H2,1H3,(H,24,26). The second kappa shape index (κ2) is 8.53. The van der Waals surface area contributed by atoms with Gasteiger partial charge in [-0.1, -0.05) is 23.7 Å². The van der Waals surface area contributed by atoms with Gasteiger partial charge in [0.25, 0.3) is 5.91 Å². The van der Waals surface area contributed by atoms with Crippen LogP contribution in [-0.2, 0) is 4.79 Å². The van der Waals surface area contributed by atoms with E-state index < -0.39 is 0 Å². The molecule has 3 rings (SSSR count). The lowest BCUT2D eigenvalue weighted by Gasteiger charge is -2.32. The van der Waals surface area contributed by atoms with E-state index in [4.69, 9.17) is 11.6 Å². The fourth-order valence-corrected chi connectivity index (χ4v) is 3.41. The third-order valence-corrected chi connectivity index (χ3v) is 5.22. The number of likely N-dealkylation sites (tertiary alicyclic amines) is 1. The number of piperidine rings is 1. The Morgan fingerprint density at radius 3 is 2.26 bits per heavy atom. The second-order valence-electron chi connectivity index (χ2n) is 6.86. The Labute approximate surface area is 163 Å². The van der Waals surface area contributed by atoms with Crippen LogP contribution in [0, 0.1) is 11.7 Å². The highest BCUT2D eigenvalue weighted by Crippen LogP contribution is 2.22. The van der Waals surface area contributed by atoms with Crippen LogP contribution in [0.1, 0.15) is 41.7 Å². The van der Waals surface area contributed by atoms with Gasteiger partial charge in [-0.25, -0.2) is 4.39 Å². The number of amides is 2. The minimum atomic E-state index is -0.364. The third kappa shape index (κ3) is 4.86. The summed E-state index contributed by atoms with van der Waals surface area (Å²) in [5.41, 5.74) is 1.47. The highest BCUT2D eigenvalue weighted by atomic mass is 35.5. The van der Waals surface area contributed by atoms with E-state index in [9.17, 15) is 14.0 Å². The van der Waals surface area contributed by atoms with Gasteiger partial charge in [-0.05, 0) is 61.7 Å². The molecule has 142 valence electrons. The number of nitrogens with one attached hydrogen (secondary N) is 1. The lowest BCUT2D eigenvalue weighted by atomic mass is 9.94. The summed E-state index contributed by atoms with van der Waals surface area (Å²) in [6.45, 7) is 2.97. The van der Waals surface area contributed by atoms with Crippen molar-refractivity contribution >= 4 is 23.4 Å². The van der Waals surface area contributed by atoms with Crippen molar-refractivity contribution in [3.05, 3.63) is 70.5 Å². The van der Waals surface area contributed by atoms with Crippen LogP contribution in [0.3, 0.4) is 0 Å². The second-order valence-corrected chi connectivity index (χ2v) is 7.29. The molecular weight excluding hydrogens is 367 g/mol. The van der Waals surface area contributed by atoms with Gasteiger partial charge in [0.1, 0.15) is 5.82 Å². The van der Waals surface area contributed by atoms with Crippen molar-refractivity contribution in [3.8, 4) is 0 Å². The van der Waals surface area contributed by atoms with E-state index in [-0.39, 0.29) is 29.6 Å². The highest BCUT2D eigenvalue weighted by molar-refractivity contribution is 6.30. The SMILES string of the molecule is CC(NC(=O)C1CCN(C(=O)c2ccc(F)cc2)CC1)c1ccc(Cl)cc1. The average molecular weight is 389 g/mol. The maximum Gasteiger partial charge on any atom is 0.253 e.